The minimum atomic E-state index is -4.03. The van der Waals surface area contributed by atoms with Crippen molar-refractivity contribution in [1.29, 1.82) is 0 Å². The van der Waals surface area contributed by atoms with Crippen LogP contribution in [0.2, 0.25) is 10.0 Å². The number of nitrogens with one attached hydrogen (secondary N) is 1. The predicted octanol–water partition coefficient (Wildman–Crippen LogP) is 2.16. The van der Waals surface area contributed by atoms with E-state index in [1.165, 1.54) is 12.3 Å². The fourth-order valence-corrected chi connectivity index (χ4v) is 3.32. The summed E-state index contributed by atoms with van der Waals surface area (Å²) in [5.74, 6) is -1.06. The molecule has 0 amide bonds. The van der Waals surface area contributed by atoms with E-state index in [-0.39, 0.29) is 27.0 Å². The topological polar surface area (TPSA) is 110 Å². The highest BCUT2D eigenvalue weighted by Gasteiger charge is 2.22. The molecule has 2 rings (SSSR count). The molecule has 112 valence electrons. The Morgan fingerprint density at radius 2 is 2.05 bits per heavy atom. The maximum atomic E-state index is 12.1. The Hall–Kier alpha value is -1.61. The molecule has 0 aliphatic rings. The standard InChI is InChI=1S/C11H8Cl2N2O5S/c12-8-4-9(13)10(3-7(8)11(16)17)21(18,19)15-5-6-1-2-14-20-6/h1-4,15H,5H2,(H,16,17). The Labute approximate surface area is 129 Å². The summed E-state index contributed by atoms with van der Waals surface area (Å²) in [5.41, 5.74) is -0.360. The lowest BCUT2D eigenvalue weighted by Gasteiger charge is -2.09. The Balaban J connectivity index is 2.35. The number of rotatable bonds is 5. The SMILES string of the molecule is O=C(O)c1cc(S(=O)(=O)NCc2ccno2)c(Cl)cc1Cl. The van der Waals surface area contributed by atoms with E-state index < -0.39 is 16.0 Å². The summed E-state index contributed by atoms with van der Waals surface area (Å²) < 4.78 is 31.3. The molecule has 2 N–H and O–H groups in total. The third kappa shape index (κ3) is 3.53. The van der Waals surface area contributed by atoms with Gasteiger partial charge in [-0.1, -0.05) is 28.4 Å². The summed E-state index contributed by atoms with van der Waals surface area (Å²) in [6, 6.07) is 3.44. The zero-order valence-electron chi connectivity index (χ0n) is 10.2. The summed E-state index contributed by atoms with van der Waals surface area (Å²) in [6.07, 6.45) is 1.36. The summed E-state index contributed by atoms with van der Waals surface area (Å²) in [7, 11) is -4.03. The van der Waals surface area contributed by atoms with Crippen LogP contribution < -0.4 is 4.72 Å². The van der Waals surface area contributed by atoms with Crippen LogP contribution in [0.15, 0.2) is 33.8 Å². The maximum Gasteiger partial charge on any atom is 0.337 e. The number of aromatic nitrogens is 1. The van der Waals surface area contributed by atoms with Gasteiger partial charge in [-0.15, -0.1) is 0 Å². The zero-order chi connectivity index (χ0) is 15.6. The van der Waals surface area contributed by atoms with Crippen molar-refractivity contribution in [2.45, 2.75) is 11.4 Å². The summed E-state index contributed by atoms with van der Waals surface area (Å²) in [4.78, 5) is 10.6. The molecule has 0 aliphatic carbocycles. The van der Waals surface area contributed by atoms with Crippen molar-refractivity contribution >= 4 is 39.2 Å². The molecular formula is C11H8Cl2N2O5S. The maximum absolute atomic E-state index is 12.1. The van der Waals surface area contributed by atoms with E-state index in [9.17, 15) is 13.2 Å². The van der Waals surface area contributed by atoms with Crippen LogP contribution >= 0.6 is 23.2 Å². The molecule has 0 aliphatic heterocycles. The van der Waals surface area contributed by atoms with Gasteiger partial charge < -0.3 is 9.63 Å². The van der Waals surface area contributed by atoms with Gasteiger partial charge >= 0.3 is 5.97 Å². The average molecular weight is 351 g/mol. The van der Waals surface area contributed by atoms with E-state index in [0.29, 0.717) is 5.76 Å². The molecule has 0 atom stereocenters. The molecule has 0 unspecified atom stereocenters. The van der Waals surface area contributed by atoms with Gasteiger partial charge in [-0.2, -0.15) is 0 Å². The van der Waals surface area contributed by atoms with Gasteiger partial charge in [-0.05, 0) is 12.1 Å². The Bertz CT molecular complexity index is 774. The number of halogens is 2. The van der Waals surface area contributed by atoms with Crippen LogP contribution in [-0.4, -0.2) is 24.7 Å². The highest BCUT2D eigenvalue weighted by molar-refractivity contribution is 7.89. The van der Waals surface area contributed by atoms with E-state index >= 15 is 0 Å². The van der Waals surface area contributed by atoms with Crippen LogP contribution in [0.3, 0.4) is 0 Å². The zero-order valence-corrected chi connectivity index (χ0v) is 12.5. The van der Waals surface area contributed by atoms with Gasteiger partial charge in [-0.3, -0.25) is 0 Å². The van der Waals surface area contributed by atoms with E-state index in [0.717, 1.165) is 12.1 Å². The fourth-order valence-electron chi connectivity index (χ4n) is 1.48. The van der Waals surface area contributed by atoms with Crippen LogP contribution in [0.1, 0.15) is 16.1 Å². The van der Waals surface area contributed by atoms with Gasteiger partial charge in [0.2, 0.25) is 10.0 Å². The monoisotopic (exact) mass is 350 g/mol. The first-order valence-corrected chi connectivity index (χ1v) is 7.67. The molecule has 0 bridgehead atoms. The van der Waals surface area contributed by atoms with Crippen molar-refractivity contribution in [2.24, 2.45) is 0 Å². The first-order valence-electron chi connectivity index (χ1n) is 5.43. The molecule has 0 spiro atoms. The first-order chi connectivity index (χ1) is 9.81. The van der Waals surface area contributed by atoms with Gasteiger partial charge in [0.25, 0.3) is 0 Å². The van der Waals surface area contributed by atoms with E-state index in [2.05, 4.69) is 9.88 Å². The lowest BCUT2D eigenvalue weighted by atomic mass is 10.2. The molecule has 0 saturated carbocycles. The number of carboxylic acid groups (broad SMARTS) is 1. The molecule has 7 nitrogen and oxygen atoms in total. The van der Waals surface area contributed by atoms with Gasteiger partial charge in [0.05, 0.1) is 28.4 Å². The van der Waals surface area contributed by atoms with Crippen LogP contribution in [0, 0.1) is 0 Å². The third-order valence-electron chi connectivity index (χ3n) is 2.47. The van der Waals surface area contributed by atoms with E-state index in [1.54, 1.807) is 0 Å². The first kappa shape index (κ1) is 15.8. The van der Waals surface area contributed by atoms with E-state index in [4.69, 9.17) is 32.8 Å². The van der Waals surface area contributed by atoms with E-state index in [1.807, 2.05) is 0 Å². The predicted molar refractivity (Wildman–Crippen MR) is 73.9 cm³/mol. The van der Waals surface area contributed by atoms with Crippen LogP contribution in [0.5, 0.6) is 0 Å². The summed E-state index contributed by atoms with van der Waals surface area (Å²) in [6.45, 7) is -0.149. The number of benzene rings is 1. The van der Waals surface area contributed by atoms with Crippen molar-refractivity contribution in [3.63, 3.8) is 0 Å². The van der Waals surface area contributed by atoms with Crippen molar-refractivity contribution in [1.82, 2.24) is 9.88 Å². The Kier molecular flexibility index (Phi) is 4.52. The molecule has 1 aromatic carbocycles. The lowest BCUT2D eigenvalue weighted by Crippen LogP contribution is -2.23. The molecule has 0 fully saturated rings. The van der Waals surface area contributed by atoms with Gasteiger partial charge in [0.15, 0.2) is 5.76 Å². The van der Waals surface area contributed by atoms with Crippen molar-refractivity contribution in [2.75, 3.05) is 0 Å². The Morgan fingerprint density at radius 3 is 2.62 bits per heavy atom. The quantitative estimate of drug-likeness (QED) is 0.854. The molecule has 0 radical (unpaired) electrons. The molecule has 10 heteroatoms. The van der Waals surface area contributed by atoms with Crippen LogP contribution in [-0.2, 0) is 16.6 Å². The highest BCUT2D eigenvalue weighted by Crippen LogP contribution is 2.28. The Morgan fingerprint density at radius 1 is 1.33 bits per heavy atom. The summed E-state index contributed by atoms with van der Waals surface area (Å²) >= 11 is 11.5. The number of sulfonamides is 1. The van der Waals surface area contributed by atoms with Crippen LogP contribution in [0.4, 0.5) is 0 Å². The minimum Gasteiger partial charge on any atom is -0.478 e. The van der Waals surface area contributed by atoms with Gasteiger partial charge in [0.1, 0.15) is 4.90 Å². The molecule has 0 saturated heterocycles. The highest BCUT2D eigenvalue weighted by atomic mass is 35.5. The number of aromatic carboxylic acids is 1. The van der Waals surface area contributed by atoms with Crippen molar-refractivity contribution in [3.8, 4) is 0 Å². The average Bonchev–Trinajstić information content (AvgIpc) is 2.88. The molecule has 1 heterocycles. The van der Waals surface area contributed by atoms with Gasteiger partial charge in [0, 0.05) is 6.07 Å². The second kappa shape index (κ2) is 6.02. The molecule has 1 aromatic heterocycles. The molecule has 2 aromatic rings. The minimum absolute atomic E-state index is 0.149. The summed E-state index contributed by atoms with van der Waals surface area (Å²) in [5, 5.41) is 12.1. The van der Waals surface area contributed by atoms with Crippen molar-refractivity contribution < 1.29 is 22.8 Å². The number of carboxylic acids is 1. The smallest absolute Gasteiger partial charge is 0.337 e. The van der Waals surface area contributed by atoms with Crippen LogP contribution in [0.25, 0.3) is 0 Å². The van der Waals surface area contributed by atoms with Crippen molar-refractivity contribution in [3.05, 3.63) is 45.8 Å². The molecular weight excluding hydrogens is 343 g/mol. The normalized spacial score (nSPS) is 11.5. The number of hydrogen-bond acceptors (Lipinski definition) is 5. The largest absolute Gasteiger partial charge is 0.478 e. The molecule has 21 heavy (non-hydrogen) atoms. The number of nitrogens with zero attached hydrogens (tertiary/aromatic N) is 1. The second-order valence-electron chi connectivity index (χ2n) is 3.87. The third-order valence-corrected chi connectivity index (χ3v) is 4.65. The van der Waals surface area contributed by atoms with Gasteiger partial charge in [-0.25, -0.2) is 17.9 Å². The number of carbonyl (C=O) groups is 1. The second-order valence-corrected chi connectivity index (χ2v) is 6.42. The number of hydrogen-bond donors (Lipinski definition) is 2. The fraction of sp³-hybridized carbons (Fsp3) is 0.0909. The lowest BCUT2D eigenvalue weighted by molar-refractivity contribution is 0.0697.